The smallest absolute Gasteiger partial charge is 0.230 e. The molecule has 5 rings (SSSR count). The first-order chi connectivity index (χ1) is 15.1. The third-order valence-corrected chi connectivity index (χ3v) is 8.13. The number of carbonyl (C=O) groups is 2. The molecule has 4 aliphatic rings. The molecule has 1 aromatic rings. The molecule has 1 unspecified atom stereocenters. The lowest BCUT2D eigenvalue weighted by molar-refractivity contribution is -0.132. The number of anilines is 1. The first kappa shape index (κ1) is 21.1. The maximum absolute atomic E-state index is 13.2. The zero-order chi connectivity index (χ0) is 21.4. The van der Waals surface area contributed by atoms with E-state index in [1.165, 1.54) is 32.1 Å². The summed E-state index contributed by atoms with van der Waals surface area (Å²) in [7, 11) is 0. The minimum atomic E-state index is -0.340. The van der Waals surface area contributed by atoms with Crippen LogP contribution >= 0.6 is 15.9 Å². The molecule has 3 fully saturated rings. The molecule has 3 aliphatic carbocycles. The van der Waals surface area contributed by atoms with E-state index in [-0.39, 0.29) is 40.9 Å². The van der Waals surface area contributed by atoms with Gasteiger partial charge in [0.05, 0.1) is 24.2 Å². The summed E-state index contributed by atoms with van der Waals surface area (Å²) < 4.78 is 0.618. The van der Waals surface area contributed by atoms with E-state index >= 15 is 0 Å². The number of allylic oxidation sites excluding steroid dienone is 2. The van der Waals surface area contributed by atoms with Crippen LogP contribution in [0.25, 0.3) is 0 Å². The highest BCUT2D eigenvalue weighted by Crippen LogP contribution is 2.72. The molecule has 1 spiro atoms. The van der Waals surface area contributed by atoms with E-state index in [1.54, 1.807) is 6.20 Å². The molecular weight excluding hydrogens is 458 g/mol. The highest BCUT2D eigenvalue weighted by molar-refractivity contribution is 9.10. The first-order valence-electron chi connectivity index (χ1n) is 11.6. The topological polar surface area (TPSA) is 87.2 Å². The predicted octanol–water partition coefficient (Wildman–Crippen LogP) is 3.00. The van der Waals surface area contributed by atoms with Crippen molar-refractivity contribution in [3.05, 3.63) is 29.1 Å². The molecule has 7 nitrogen and oxygen atoms in total. The SMILES string of the molecule is O=C(NCCCCN1CCCC1)C1[C@H]2C=C[C@@H]([C@H]1C(=O)Nc1cnc(Br)cn1)C21CC1. The molecule has 2 saturated carbocycles. The fourth-order valence-electron chi connectivity index (χ4n) is 6.09. The minimum Gasteiger partial charge on any atom is -0.356 e. The van der Waals surface area contributed by atoms with Gasteiger partial charge in [0.25, 0.3) is 0 Å². The summed E-state index contributed by atoms with van der Waals surface area (Å²) in [6.45, 7) is 4.23. The standard InChI is InChI=1S/C23H30BrN5O2/c24-17-13-27-18(14-26-17)28-22(31)20-16-6-5-15(23(16)7-8-23)19(20)21(30)25-9-1-2-10-29-11-3-4-12-29/h5-6,13-16,19-20H,1-4,7-12H2,(H,25,30)(H,27,28,31)/t15-,16+,19?,20-/m1/s1. The lowest BCUT2D eigenvalue weighted by Crippen LogP contribution is -2.42. The van der Waals surface area contributed by atoms with Crippen molar-refractivity contribution in [3.8, 4) is 0 Å². The van der Waals surface area contributed by atoms with Crippen LogP contribution in [0.1, 0.15) is 38.5 Å². The Morgan fingerprint density at radius 1 is 1.03 bits per heavy atom. The van der Waals surface area contributed by atoms with Gasteiger partial charge >= 0.3 is 0 Å². The van der Waals surface area contributed by atoms with Gasteiger partial charge in [0, 0.05) is 6.54 Å². The Balaban J connectivity index is 1.20. The fraction of sp³-hybridized carbons (Fsp3) is 0.652. The van der Waals surface area contributed by atoms with Gasteiger partial charge in [-0.25, -0.2) is 9.97 Å². The van der Waals surface area contributed by atoms with Crippen molar-refractivity contribution in [1.29, 1.82) is 0 Å². The van der Waals surface area contributed by atoms with E-state index in [9.17, 15) is 9.59 Å². The van der Waals surface area contributed by atoms with Crippen LogP contribution in [0.2, 0.25) is 0 Å². The number of carbonyl (C=O) groups excluding carboxylic acids is 2. The van der Waals surface area contributed by atoms with Crippen molar-refractivity contribution >= 4 is 33.6 Å². The third kappa shape index (κ3) is 4.04. The molecule has 2 heterocycles. The number of nitrogens with zero attached hydrogens (tertiary/aromatic N) is 3. The van der Waals surface area contributed by atoms with Crippen LogP contribution in [0.4, 0.5) is 5.82 Å². The summed E-state index contributed by atoms with van der Waals surface area (Å²) in [5, 5.41) is 6.05. The van der Waals surface area contributed by atoms with Gasteiger partial charge < -0.3 is 15.5 Å². The highest BCUT2D eigenvalue weighted by atomic mass is 79.9. The van der Waals surface area contributed by atoms with E-state index in [1.807, 2.05) is 0 Å². The van der Waals surface area contributed by atoms with Crippen molar-refractivity contribution in [2.24, 2.45) is 29.1 Å². The molecule has 166 valence electrons. The van der Waals surface area contributed by atoms with Gasteiger partial charge in [0.2, 0.25) is 11.8 Å². The second-order valence-corrected chi connectivity index (χ2v) is 10.3. The molecule has 0 aromatic carbocycles. The van der Waals surface area contributed by atoms with Crippen LogP contribution in [-0.4, -0.2) is 52.9 Å². The molecule has 2 amide bonds. The van der Waals surface area contributed by atoms with Gasteiger partial charge in [-0.15, -0.1) is 0 Å². The van der Waals surface area contributed by atoms with Crippen molar-refractivity contribution in [2.75, 3.05) is 31.5 Å². The summed E-state index contributed by atoms with van der Waals surface area (Å²) in [5.41, 5.74) is 0.130. The molecule has 31 heavy (non-hydrogen) atoms. The molecule has 8 heteroatoms. The zero-order valence-electron chi connectivity index (χ0n) is 17.7. The Morgan fingerprint density at radius 3 is 2.39 bits per heavy atom. The van der Waals surface area contributed by atoms with E-state index in [0.717, 1.165) is 32.2 Å². The van der Waals surface area contributed by atoms with E-state index in [2.05, 4.69) is 53.6 Å². The summed E-state index contributed by atoms with van der Waals surface area (Å²) in [4.78, 5) is 37.3. The second-order valence-electron chi connectivity index (χ2n) is 9.48. The lowest BCUT2D eigenvalue weighted by Gasteiger charge is -2.26. The van der Waals surface area contributed by atoms with Gasteiger partial charge in [-0.3, -0.25) is 9.59 Å². The number of likely N-dealkylation sites (tertiary alicyclic amines) is 1. The number of hydrogen-bond acceptors (Lipinski definition) is 5. The normalized spacial score (nSPS) is 30.1. The van der Waals surface area contributed by atoms with Crippen molar-refractivity contribution in [2.45, 2.75) is 38.5 Å². The summed E-state index contributed by atoms with van der Waals surface area (Å²) in [6, 6.07) is 0. The maximum atomic E-state index is 13.2. The van der Waals surface area contributed by atoms with E-state index in [0.29, 0.717) is 17.0 Å². The molecule has 0 radical (unpaired) electrons. The van der Waals surface area contributed by atoms with Crippen LogP contribution < -0.4 is 10.6 Å². The van der Waals surface area contributed by atoms with Gasteiger partial charge in [-0.1, -0.05) is 12.2 Å². The summed E-state index contributed by atoms with van der Waals surface area (Å²) in [6.07, 6.45) is 14.4. The molecule has 2 bridgehead atoms. The van der Waals surface area contributed by atoms with Crippen LogP contribution in [-0.2, 0) is 9.59 Å². The maximum Gasteiger partial charge on any atom is 0.230 e. The van der Waals surface area contributed by atoms with Crippen molar-refractivity contribution < 1.29 is 9.59 Å². The van der Waals surface area contributed by atoms with Crippen molar-refractivity contribution in [3.63, 3.8) is 0 Å². The third-order valence-electron chi connectivity index (χ3n) is 7.72. The van der Waals surface area contributed by atoms with Gasteiger partial charge in [-0.2, -0.15) is 0 Å². The molecular formula is C23H30BrN5O2. The Kier molecular flexibility index (Phi) is 5.86. The fourth-order valence-corrected chi connectivity index (χ4v) is 6.30. The Labute approximate surface area is 191 Å². The Morgan fingerprint density at radius 2 is 1.74 bits per heavy atom. The molecule has 4 atom stereocenters. The summed E-state index contributed by atoms with van der Waals surface area (Å²) >= 11 is 3.26. The van der Waals surface area contributed by atoms with Gasteiger partial charge in [-0.05, 0) is 91.3 Å². The largest absolute Gasteiger partial charge is 0.356 e. The number of halogens is 1. The average molecular weight is 488 g/mol. The number of amides is 2. The number of nitrogens with one attached hydrogen (secondary N) is 2. The Hall–Kier alpha value is -1.80. The van der Waals surface area contributed by atoms with Crippen LogP contribution in [0.5, 0.6) is 0 Å². The Bertz CT molecular complexity index is 863. The number of hydrogen-bond donors (Lipinski definition) is 2. The van der Waals surface area contributed by atoms with Crippen LogP contribution in [0.3, 0.4) is 0 Å². The zero-order valence-corrected chi connectivity index (χ0v) is 19.3. The minimum absolute atomic E-state index is 0.0336. The van der Waals surface area contributed by atoms with Crippen LogP contribution in [0.15, 0.2) is 29.1 Å². The van der Waals surface area contributed by atoms with E-state index in [4.69, 9.17) is 0 Å². The average Bonchev–Trinajstić information content (AvgIpc) is 3.12. The lowest BCUT2D eigenvalue weighted by atomic mass is 9.81. The molecule has 2 N–H and O–H groups in total. The summed E-state index contributed by atoms with van der Waals surface area (Å²) in [5.74, 6) is 0.0267. The van der Waals surface area contributed by atoms with Gasteiger partial charge in [0.1, 0.15) is 4.60 Å². The molecule has 1 saturated heterocycles. The number of unbranched alkanes of at least 4 members (excludes halogenated alkanes) is 1. The quantitative estimate of drug-likeness (QED) is 0.434. The highest BCUT2D eigenvalue weighted by Gasteiger charge is 2.69. The molecule has 1 aromatic heterocycles. The molecule has 1 aliphatic heterocycles. The number of aromatic nitrogens is 2. The van der Waals surface area contributed by atoms with Crippen molar-refractivity contribution in [1.82, 2.24) is 20.2 Å². The van der Waals surface area contributed by atoms with E-state index < -0.39 is 0 Å². The number of rotatable bonds is 8. The second kappa shape index (κ2) is 8.62. The van der Waals surface area contributed by atoms with Gasteiger partial charge in [0.15, 0.2) is 5.82 Å². The predicted molar refractivity (Wildman–Crippen MR) is 121 cm³/mol. The first-order valence-corrected chi connectivity index (χ1v) is 12.3. The monoisotopic (exact) mass is 487 g/mol. The van der Waals surface area contributed by atoms with Crippen LogP contribution in [0, 0.1) is 29.1 Å².